The van der Waals surface area contributed by atoms with E-state index in [9.17, 15) is 9.90 Å². The molecular weight excluding hydrogens is 230 g/mol. The van der Waals surface area contributed by atoms with E-state index in [1.165, 1.54) is 0 Å². The normalized spacial score (nSPS) is 19.8. The third-order valence-electron chi connectivity index (χ3n) is 3.26. The number of nitrogens with zero attached hydrogens (tertiary/aromatic N) is 1. The molecule has 1 aliphatic heterocycles. The topological polar surface area (TPSA) is 92.6 Å². The number of carbonyl (C=O) groups excluding carboxylic acids is 1. The first-order valence-electron chi connectivity index (χ1n) is 6.16. The fraction of sp³-hybridized carbons (Fsp3) is 0.462. The maximum absolute atomic E-state index is 12.1. The highest BCUT2D eigenvalue weighted by atomic mass is 16.3. The van der Waals surface area contributed by atoms with Gasteiger partial charge in [0.25, 0.3) is 0 Å². The van der Waals surface area contributed by atoms with Crippen molar-refractivity contribution >= 4 is 17.3 Å². The second-order valence-corrected chi connectivity index (χ2v) is 4.77. The van der Waals surface area contributed by atoms with Gasteiger partial charge in [-0.25, -0.2) is 0 Å². The number of piperidine rings is 1. The highest BCUT2D eigenvalue weighted by Crippen LogP contribution is 2.18. The summed E-state index contributed by atoms with van der Waals surface area (Å²) in [5, 5.41) is 9.55. The molecule has 1 atom stereocenters. The van der Waals surface area contributed by atoms with E-state index in [2.05, 4.69) is 0 Å². The lowest BCUT2D eigenvalue weighted by molar-refractivity contribution is -0.133. The quantitative estimate of drug-likeness (QED) is 0.660. The first-order chi connectivity index (χ1) is 8.56. The van der Waals surface area contributed by atoms with Crippen molar-refractivity contribution in [3.63, 3.8) is 0 Å². The number of aliphatic hydroxyl groups excluding tert-OH is 1. The molecule has 5 N–H and O–H groups in total. The van der Waals surface area contributed by atoms with Crippen molar-refractivity contribution in [1.82, 2.24) is 4.90 Å². The average molecular weight is 249 g/mol. The molecule has 1 aromatic rings. The van der Waals surface area contributed by atoms with Gasteiger partial charge in [0.15, 0.2) is 0 Å². The predicted octanol–water partition coefficient (Wildman–Crippen LogP) is 0.377. The van der Waals surface area contributed by atoms with Crippen molar-refractivity contribution in [2.75, 3.05) is 24.6 Å². The van der Waals surface area contributed by atoms with Crippen LogP contribution in [0.25, 0.3) is 0 Å². The summed E-state index contributed by atoms with van der Waals surface area (Å²) in [5.41, 5.74) is 13.4. The summed E-state index contributed by atoms with van der Waals surface area (Å²) < 4.78 is 0. The SMILES string of the molecule is Nc1ccc(CC(=O)N2CCCC(O)C2)c(N)c1. The summed E-state index contributed by atoms with van der Waals surface area (Å²) in [7, 11) is 0. The Kier molecular flexibility index (Phi) is 3.72. The van der Waals surface area contributed by atoms with Crippen LogP contribution in [0.2, 0.25) is 0 Å². The average Bonchev–Trinajstić information content (AvgIpc) is 2.32. The third-order valence-corrected chi connectivity index (χ3v) is 3.26. The molecular formula is C13H19N3O2. The fourth-order valence-electron chi connectivity index (χ4n) is 2.23. The van der Waals surface area contributed by atoms with Gasteiger partial charge in [-0.15, -0.1) is 0 Å². The van der Waals surface area contributed by atoms with E-state index in [1.807, 2.05) is 0 Å². The molecule has 1 unspecified atom stereocenters. The molecule has 18 heavy (non-hydrogen) atoms. The number of likely N-dealkylation sites (tertiary alicyclic amines) is 1. The molecule has 1 amide bonds. The highest BCUT2D eigenvalue weighted by Gasteiger charge is 2.22. The Morgan fingerprint density at radius 2 is 2.22 bits per heavy atom. The largest absolute Gasteiger partial charge is 0.399 e. The van der Waals surface area contributed by atoms with Gasteiger partial charge < -0.3 is 21.5 Å². The third kappa shape index (κ3) is 2.92. The second-order valence-electron chi connectivity index (χ2n) is 4.77. The Bertz CT molecular complexity index is 448. The minimum Gasteiger partial charge on any atom is -0.399 e. The van der Waals surface area contributed by atoms with Crippen LogP contribution in [0.1, 0.15) is 18.4 Å². The van der Waals surface area contributed by atoms with E-state index >= 15 is 0 Å². The number of benzene rings is 1. The maximum Gasteiger partial charge on any atom is 0.227 e. The van der Waals surface area contributed by atoms with Gasteiger partial charge in [-0.2, -0.15) is 0 Å². The summed E-state index contributed by atoms with van der Waals surface area (Å²) in [6.45, 7) is 1.14. The number of carbonyl (C=O) groups is 1. The van der Waals surface area contributed by atoms with E-state index in [1.54, 1.807) is 23.1 Å². The molecule has 1 heterocycles. The number of amides is 1. The van der Waals surface area contributed by atoms with E-state index in [0.717, 1.165) is 18.4 Å². The number of rotatable bonds is 2. The van der Waals surface area contributed by atoms with Crippen molar-refractivity contribution in [3.8, 4) is 0 Å². The zero-order chi connectivity index (χ0) is 13.1. The molecule has 1 aromatic carbocycles. The first-order valence-corrected chi connectivity index (χ1v) is 6.16. The highest BCUT2D eigenvalue weighted by molar-refractivity contribution is 5.81. The van der Waals surface area contributed by atoms with Crippen LogP contribution < -0.4 is 11.5 Å². The molecule has 2 rings (SSSR count). The Morgan fingerprint density at radius 1 is 1.44 bits per heavy atom. The van der Waals surface area contributed by atoms with Crippen LogP contribution in [0.4, 0.5) is 11.4 Å². The molecule has 0 aromatic heterocycles. The van der Waals surface area contributed by atoms with E-state index in [4.69, 9.17) is 11.5 Å². The Hall–Kier alpha value is -1.75. The summed E-state index contributed by atoms with van der Waals surface area (Å²) in [4.78, 5) is 13.8. The van der Waals surface area contributed by atoms with Crippen molar-refractivity contribution in [1.29, 1.82) is 0 Å². The fourth-order valence-corrected chi connectivity index (χ4v) is 2.23. The summed E-state index contributed by atoms with van der Waals surface area (Å²) >= 11 is 0. The maximum atomic E-state index is 12.1. The summed E-state index contributed by atoms with van der Waals surface area (Å²) in [6.07, 6.45) is 1.49. The molecule has 0 aliphatic carbocycles. The van der Waals surface area contributed by atoms with Gasteiger partial charge in [0.05, 0.1) is 12.5 Å². The monoisotopic (exact) mass is 249 g/mol. The lowest BCUT2D eigenvalue weighted by Gasteiger charge is -2.30. The van der Waals surface area contributed by atoms with E-state index in [-0.39, 0.29) is 12.3 Å². The van der Waals surface area contributed by atoms with Crippen molar-refractivity contribution in [2.45, 2.75) is 25.4 Å². The van der Waals surface area contributed by atoms with Crippen LogP contribution in [0.15, 0.2) is 18.2 Å². The molecule has 1 aliphatic rings. The molecule has 0 radical (unpaired) electrons. The standard InChI is InChI=1S/C13H19N3O2/c14-10-4-3-9(12(15)7-10)6-13(18)16-5-1-2-11(17)8-16/h3-4,7,11,17H,1-2,5-6,8,14-15H2. The van der Waals surface area contributed by atoms with E-state index < -0.39 is 6.10 Å². The van der Waals surface area contributed by atoms with Crippen LogP contribution in [-0.4, -0.2) is 35.1 Å². The summed E-state index contributed by atoms with van der Waals surface area (Å²) in [5.74, 6) is 0.00483. The molecule has 1 saturated heterocycles. The summed E-state index contributed by atoms with van der Waals surface area (Å²) in [6, 6.07) is 5.18. The lowest BCUT2D eigenvalue weighted by Crippen LogP contribution is -2.42. The van der Waals surface area contributed by atoms with Crippen LogP contribution in [-0.2, 0) is 11.2 Å². The van der Waals surface area contributed by atoms with Gasteiger partial charge in [-0.05, 0) is 30.5 Å². The number of hydrogen-bond acceptors (Lipinski definition) is 4. The zero-order valence-electron chi connectivity index (χ0n) is 10.3. The molecule has 5 nitrogen and oxygen atoms in total. The van der Waals surface area contributed by atoms with Crippen molar-refractivity contribution in [2.24, 2.45) is 0 Å². The van der Waals surface area contributed by atoms with Crippen molar-refractivity contribution < 1.29 is 9.90 Å². The lowest BCUT2D eigenvalue weighted by atomic mass is 10.1. The van der Waals surface area contributed by atoms with Gasteiger partial charge in [0, 0.05) is 24.5 Å². The number of nitrogen functional groups attached to an aromatic ring is 2. The molecule has 0 saturated carbocycles. The van der Waals surface area contributed by atoms with Crippen molar-refractivity contribution in [3.05, 3.63) is 23.8 Å². The Labute approximate surface area is 106 Å². The predicted molar refractivity (Wildman–Crippen MR) is 70.8 cm³/mol. The number of aliphatic hydroxyl groups is 1. The number of β-amino-alcohol motifs (C(OH)–C–C–N with tert-alkyl or cyclic N) is 1. The minimum absolute atomic E-state index is 0.00483. The van der Waals surface area contributed by atoms with Gasteiger partial charge in [-0.1, -0.05) is 6.07 Å². The molecule has 5 heteroatoms. The van der Waals surface area contributed by atoms with Crippen LogP contribution in [0.3, 0.4) is 0 Å². The second kappa shape index (κ2) is 5.27. The van der Waals surface area contributed by atoms with Crippen LogP contribution in [0, 0.1) is 0 Å². The Morgan fingerprint density at radius 3 is 2.89 bits per heavy atom. The van der Waals surface area contributed by atoms with E-state index in [0.29, 0.717) is 24.5 Å². The van der Waals surface area contributed by atoms with Gasteiger partial charge >= 0.3 is 0 Å². The van der Waals surface area contributed by atoms with Crippen LogP contribution >= 0.6 is 0 Å². The van der Waals surface area contributed by atoms with Gasteiger partial charge in [0.1, 0.15) is 0 Å². The molecule has 0 bridgehead atoms. The molecule has 0 spiro atoms. The zero-order valence-corrected chi connectivity index (χ0v) is 10.3. The number of hydrogen-bond donors (Lipinski definition) is 3. The Balaban J connectivity index is 2.02. The number of nitrogens with two attached hydrogens (primary N) is 2. The van der Waals surface area contributed by atoms with Gasteiger partial charge in [0.2, 0.25) is 5.91 Å². The first kappa shape index (κ1) is 12.7. The molecule has 1 fully saturated rings. The smallest absolute Gasteiger partial charge is 0.227 e. The molecule has 98 valence electrons. The van der Waals surface area contributed by atoms with Gasteiger partial charge in [-0.3, -0.25) is 4.79 Å². The van der Waals surface area contributed by atoms with Crippen LogP contribution in [0.5, 0.6) is 0 Å². The number of anilines is 2. The minimum atomic E-state index is -0.397.